The normalized spacial score (nSPS) is 19.3. The SMILES string of the molecule is COCCC1(NC(=O)c2ccc(F)cc2)CCN(C(=O)c2cc(C)[nH]n2)C1. The summed E-state index contributed by atoms with van der Waals surface area (Å²) in [5.74, 6) is -0.863. The van der Waals surface area contributed by atoms with Gasteiger partial charge in [0.2, 0.25) is 0 Å². The highest BCUT2D eigenvalue weighted by molar-refractivity contribution is 5.95. The van der Waals surface area contributed by atoms with Crippen molar-refractivity contribution in [2.24, 2.45) is 0 Å². The molecule has 1 saturated heterocycles. The number of ether oxygens (including phenoxy) is 1. The van der Waals surface area contributed by atoms with Crippen molar-refractivity contribution in [2.75, 3.05) is 26.8 Å². The van der Waals surface area contributed by atoms with Gasteiger partial charge in [0, 0.05) is 38.1 Å². The van der Waals surface area contributed by atoms with Crippen LogP contribution in [0.2, 0.25) is 0 Å². The fourth-order valence-electron chi connectivity index (χ4n) is 3.32. The van der Waals surface area contributed by atoms with Gasteiger partial charge < -0.3 is 15.0 Å². The van der Waals surface area contributed by atoms with Crippen LogP contribution in [0.1, 0.15) is 39.4 Å². The van der Waals surface area contributed by atoms with E-state index in [0.29, 0.717) is 43.8 Å². The Balaban J connectivity index is 1.74. The second kappa shape index (κ2) is 7.87. The molecule has 1 unspecified atom stereocenters. The van der Waals surface area contributed by atoms with Crippen molar-refractivity contribution in [3.8, 4) is 0 Å². The Morgan fingerprint density at radius 3 is 2.74 bits per heavy atom. The zero-order valence-electron chi connectivity index (χ0n) is 15.4. The molecule has 2 N–H and O–H groups in total. The van der Waals surface area contributed by atoms with Gasteiger partial charge in [0.15, 0.2) is 0 Å². The highest BCUT2D eigenvalue weighted by Crippen LogP contribution is 2.27. The summed E-state index contributed by atoms with van der Waals surface area (Å²) in [5.41, 5.74) is 0.955. The van der Waals surface area contributed by atoms with Gasteiger partial charge in [-0.15, -0.1) is 0 Å². The van der Waals surface area contributed by atoms with Crippen LogP contribution < -0.4 is 5.32 Å². The van der Waals surface area contributed by atoms with Crippen LogP contribution in [0.4, 0.5) is 4.39 Å². The van der Waals surface area contributed by atoms with E-state index >= 15 is 0 Å². The summed E-state index contributed by atoms with van der Waals surface area (Å²) in [4.78, 5) is 27.0. The lowest BCUT2D eigenvalue weighted by Crippen LogP contribution is -2.51. The van der Waals surface area contributed by atoms with E-state index in [1.165, 1.54) is 24.3 Å². The maximum Gasteiger partial charge on any atom is 0.274 e. The maximum absolute atomic E-state index is 13.1. The van der Waals surface area contributed by atoms with Gasteiger partial charge in [-0.1, -0.05) is 0 Å². The van der Waals surface area contributed by atoms with Crippen molar-refractivity contribution in [3.05, 3.63) is 53.1 Å². The molecule has 0 radical (unpaired) electrons. The van der Waals surface area contributed by atoms with E-state index in [2.05, 4.69) is 15.5 Å². The summed E-state index contributed by atoms with van der Waals surface area (Å²) in [6.07, 6.45) is 1.18. The number of rotatable bonds is 6. The number of halogens is 1. The fraction of sp³-hybridized carbons (Fsp3) is 0.421. The third-order valence-corrected chi connectivity index (χ3v) is 4.84. The molecule has 1 aliphatic rings. The third-order valence-electron chi connectivity index (χ3n) is 4.84. The molecule has 8 heteroatoms. The zero-order chi connectivity index (χ0) is 19.4. The highest BCUT2D eigenvalue weighted by Gasteiger charge is 2.41. The topological polar surface area (TPSA) is 87.3 Å². The minimum absolute atomic E-state index is 0.172. The van der Waals surface area contributed by atoms with Crippen LogP contribution in [0.15, 0.2) is 30.3 Å². The molecule has 0 bridgehead atoms. The number of aromatic nitrogens is 2. The molecule has 2 aromatic rings. The molecule has 1 aromatic heterocycles. The Morgan fingerprint density at radius 1 is 1.37 bits per heavy atom. The smallest absolute Gasteiger partial charge is 0.274 e. The molecular weight excluding hydrogens is 351 g/mol. The Bertz CT molecular complexity index is 821. The lowest BCUT2D eigenvalue weighted by molar-refractivity contribution is 0.0742. The van der Waals surface area contributed by atoms with E-state index in [-0.39, 0.29) is 11.8 Å². The number of amides is 2. The fourth-order valence-corrected chi connectivity index (χ4v) is 3.32. The second-order valence-electron chi connectivity index (χ2n) is 6.90. The largest absolute Gasteiger partial charge is 0.385 e. The molecular formula is C19H23FN4O3. The van der Waals surface area contributed by atoms with E-state index in [1.54, 1.807) is 18.1 Å². The Hall–Kier alpha value is -2.74. The predicted octanol–water partition coefficient (Wildman–Crippen LogP) is 1.91. The van der Waals surface area contributed by atoms with E-state index < -0.39 is 11.4 Å². The van der Waals surface area contributed by atoms with Gasteiger partial charge in [0.25, 0.3) is 11.8 Å². The van der Waals surface area contributed by atoms with Crippen LogP contribution in [0.5, 0.6) is 0 Å². The monoisotopic (exact) mass is 374 g/mol. The first kappa shape index (κ1) is 19.0. The van der Waals surface area contributed by atoms with Gasteiger partial charge in [0.05, 0.1) is 5.54 Å². The third kappa shape index (κ3) is 4.33. The molecule has 27 heavy (non-hydrogen) atoms. The summed E-state index contributed by atoms with van der Waals surface area (Å²) in [6.45, 7) is 3.17. The van der Waals surface area contributed by atoms with E-state index in [1.807, 2.05) is 6.92 Å². The van der Waals surface area contributed by atoms with Crippen LogP contribution in [0, 0.1) is 12.7 Å². The summed E-state index contributed by atoms with van der Waals surface area (Å²) in [5, 5.41) is 9.83. The first-order valence-electron chi connectivity index (χ1n) is 8.81. The molecule has 1 atom stereocenters. The van der Waals surface area contributed by atoms with Crippen molar-refractivity contribution in [2.45, 2.75) is 25.3 Å². The van der Waals surface area contributed by atoms with Crippen molar-refractivity contribution in [3.63, 3.8) is 0 Å². The summed E-state index contributed by atoms with van der Waals surface area (Å²) >= 11 is 0. The Labute approximate surface area is 156 Å². The first-order valence-corrected chi connectivity index (χ1v) is 8.81. The Kier molecular flexibility index (Phi) is 5.55. The quantitative estimate of drug-likeness (QED) is 0.809. The van der Waals surface area contributed by atoms with Crippen LogP contribution >= 0.6 is 0 Å². The van der Waals surface area contributed by atoms with Crippen molar-refractivity contribution >= 4 is 11.8 Å². The summed E-state index contributed by atoms with van der Waals surface area (Å²) in [6, 6.07) is 7.09. The number of aromatic amines is 1. The highest BCUT2D eigenvalue weighted by atomic mass is 19.1. The first-order chi connectivity index (χ1) is 12.9. The number of nitrogens with zero attached hydrogens (tertiary/aromatic N) is 2. The molecule has 0 saturated carbocycles. The minimum Gasteiger partial charge on any atom is -0.385 e. The summed E-state index contributed by atoms with van der Waals surface area (Å²) < 4.78 is 18.3. The van der Waals surface area contributed by atoms with E-state index in [4.69, 9.17) is 4.74 Å². The van der Waals surface area contributed by atoms with Crippen molar-refractivity contribution in [1.82, 2.24) is 20.4 Å². The number of likely N-dealkylation sites (tertiary alicyclic amines) is 1. The van der Waals surface area contributed by atoms with Crippen molar-refractivity contribution in [1.29, 1.82) is 0 Å². The lowest BCUT2D eigenvalue weighted by atomic mass is 9.94. The molecule has 1 aromatic carbocycles. The molecule has 7 nitrogen and oxygen atoms in total. The number of carbonyl (C=O) groups is 2. The van der Waals surface area contributed by atoms with Gasteiger partial charge in [-0.3, -0.25) is 14.7 Å². The summed E-state index contributed by atoms with van der Waals surface area (Å²) in [7, 11) is 1.60. The van der Waals surface area contributed by atoms with Crippen LogP contribution in [-0.2, 0) is 4.74 Å². The molecule has 0 spiro atoms. The van der Waals surface area contributed by atoms with Crippen LogP contribution in [0.25, 0.3) is 0 Å². The molecule has 2 heterocycles. The van der Waals surface area contributed by atoms with Gasteiger partial charge >= 0.3 is 0 Å². The molecule has 144 valence electrons. The molecule has 2 amide bonds. The minimum atomic E-state index is -0.595. The van der Waals surface area contributed by atoms with Gasteiger partial charge in [0.1, 0.15) is 11.5 Å². The van der Waals surface area contributed by atoms with E-state index in [9.17, 15) is 14.0 Å². The molecule has 1 aliphatic heterocycles. The number of hydrogen-bond donors (Lipinski definition) is 2. The van der Waals surface area contributed by atoms with Crippen LogP contribution in [-0.4, -0.2) is 59.3 Å². The van der Waals surface area contributed by atoms with Gasteiger partial charge in [-0.05, 0) is 50.1 Å². The number of carbonyl (C=O) groups excluding carboxylic acids is 2. The molecule has 1 fully saturated rings. The standard InChI is InChI=1S/C19H23FN4O3/c1-13-11-16(23-22-13)18(26)24-9-7-19(12-24,8-10-27-2)21-17(25)14-3-5-15(20)6-4-14/h3-6,11H,7-10,12H2,1-2H3,(H,21,25)(H,22,23). The molecule has 3 rings (SSSR count). The number of aryl methyl sites for hydroxylation is 1. The average Bonchev–Trinajstić information content (AvgIpc) is 3.27. The van der Waals surface area contributed by atoms with Gasteiger partial charge in [-0.2, -0.15) is 5.10 Å². The number of H-pyrrole nitrogens is 1. The molecule has 0 aliphatic carbocycles. The number of methoxy groups -OCH3 is 1. The number of benzene rings is 1. The maximum atomic E-state index is 13.1. The zero-order valence-corrected chi connectivity index (χ0v) is 15.4. The van der Waals surface area contributed by atoms with Crippen molar-refractivity contribution < 1.29 is 18.7 Å². The van der Waals surface area contributed by atoms with Gasteiger partial charge in [-0.25, -0.2) is 4.39 Å². The lowest BCUT2D eigenvalue weighted by Gasteiger charge is -2.30. The second-order valence-corrected chi connectivity index (χ2v) is 6.90. The van der Waals surface area contributed by atoms with Crippen LogP contribution in [0.3, 0.4) is 0 Å². The number of nitrogens with one attached hydrogen (secondary N) is 2. The average molecular weight is 374 g/mol. The number of hydrogen-bond acceptors (Lipinski definition) is 4. The van der Waals surface area contributed by atoms with E-state index in [0.717, 1.165) is 5.69 Å². The predicted molar refractivity (Wildman–Crippen MR) is 96.9 cm³/mol. The Morgan fingerprint density at radius 2 is 2.11 bits per heavy atom.